The first-order valence-electron chi connectivity index (χ1n) is 5.75. The molecule has 0 amide bonds. The van der Waals surface area contributed by atoms with Crippen molar-refractivity contribution in [2.24, 2.45) is 0 Å². The van der Waals surface area contributed by atoms with E-state index in [9.17, 15) is 8.42 Å². The molecule has 0 bridgehead atoms. The molecule has 1 aromatic rings. The number of halogens is 2. The maximum absolute atomic E-state index is 12.3. The van der Waals surface area contributed by atoms with Gasteiger partial charge >= 0.3 is 0 Å². The van der Waals surface area contributed by atoms with Crippen molar-refractivity contribution in [2.75, 3.05) is 5.88 Å². The van der Waals surface area contributed by atoms with Gasteiger partial charge in [0.25, 0.3) is 0 Å². The fraction of sp³-hybridized carbons (Fsp3) is 0.500. The summed E-state index contributed by atoms with van der Waals surface area (Å²) in [5.74, 6) is 0.226. The molecule has 6 heteroatoms. The number of alkyl halides is 1. The maximum Gasteiger partial charge on any atom is 0.242 e. The second-order valence-corrected chi connectivity index (χ2v) is 6.48. The van der Waals surface area contributed by atoms with Gasteiger partial charge in [-0.2, -0.15) is 0 Å². The highest BCUT2D eigenvalue weighted by molar-refractivity contribution is 7.89. The van der Waals surface area contributed by atoms with Crippen LogP contribution in [0.25, 0.3) is 0 Å². The molecule has 0 aliphatic heterocycles. The smallest absolute Gasteiger partial charge is 0.207 e. The maximum atomic E-state index is 12.3. The average molecular weight is 310 g/mol. The molecule has 0 saturated carbocycles. The van der Waals surface area contributed by atoms with Gasteiger partial charge in [0.1, 0.15) is 4.90 Å². The number of sulfonamides is 1. The van der Waals surface area contributed by atoms with Crippen LogP contribution in [0.2, 0.25) is 5.02 Å². The van der Waals surface area contributed by atoms with Crippen molar-refractivity contribution in [1.82, 2.24) is 4.72 Å². The standard InChI is InChI=1S/C12H17Cl2NO2S/c1-3-12(4-2,9-13)15-18(16,17)11-8-6-5-7-10(11)14/h5-8,15H,3-4,9H2,1-2H3. The number of hydrogen-bond donors (Lipinski definition) is 1. The van der Waals surface area contributed by atoms with E-state index in [1.54, 1.807) is 18.2 Å². The van der Waals surface area contributed by atoms with Gasteiger partial charge in [-0.25, -0.2) is 13.1 Å². The van der Waals surface area contributed by atoms with E-state index in [-0.39, 0.29) is 15.8 Å². The van der Waals surface area contributed by atoms with Crippen molar-refractivity contribution < 1.29 is 8.42 Å². The minimum atomic E-state index is -3.65. The summed E-state index contributed by atoms with van der Waals surface area (Å²) in [6, 6.07) is 6.36. The van der Waals surface area contributed by atoms with Gasteiger partial charge < -0.3 is 0 Å². The Balaban J connectivity index is 3.13. The normalized spacial score (nSPS) is 12.7. The predicted molar refractivity (Wildman–Crippen MR) is 75.8 cm³/mol. The highest BCUT2D eigenvalue weighted by atomic mass is 35.5. The zero-order chi connectivity index (χ0) is 13.8. The van der Waals surface area contributed by atoms with Crippen LogP contribution in [0.4, 0.5) is 0 Å². The average Bonchev–Trinajstić information content (AvgIpc) is 2.36. The minimum absolute atomic E-state index is 0.0862. The van der Waals surface area contributed by atoms with Gasteiger partial charge in [-0.3, -0.25) is 0 Å². The number of benzene rings is 1. The Bertz CT molecular complexity index is 490. The lowest BCUT2D eigenvalue weighted by Crippen LogP contribution is -2.49. The van der Waals surface area contributed by atoms with Crippen molar-refractivity contribution in [3.8, 4) is 0 Å². The highest BCUT2D eigenvalue weighted by Crippen LogP contribution is 2.25. The molecule has 0 aromatic heterocycles. The lowest BCUT2D eigenvalue weighted by molar-refractivity contribution is 0.394. The Morgan fingerprint density at radius 3 is 2.22 bits per heavy atom. The topological polar surface area (TPSA) is 46.2 Å². The lowest BCUT2D eigenvalue weighted by atomic mass is 9.97. The van der Waals surface area contributed by atoms with Gasteiger partial charge in [-0.15, -0.1) is 11.6 Å². The van der Waals surface area contributed by atoms with E-state index >= 15 is 0 Å². The Morgan fingerprint density at radius 2 is 1.78 bits per heavy atom. The molecular formula is C12H17Cl2NO2S. The molecule has 1 rings (SSSR count). The molecule has 0 unspecified atom stereocenters. The molecule has 0 saturated heterocycles. The molecule has 0 atom stereocenters. The van der Waals surface area contributed by atoms with E-state index in [1.165, 1.54) is 6.07 Å². The van der Waals surface area contributed by atoms with Crippen molar-refractivity contribution in [3.05, 3.63) is 29.3 Å². The zero-order valence-electron chi connectivity index (χ0n) is 10.4. The zero-order valence-corrected chi connectivity index (χ0v) is 12.7. The fourth-order valence-corrected chi connectivity index (χ4v) is 4.20. The molecule has 18 heavy (non-hydrogen) atoms. The van der Waals surface area contributed by atoms with Crippen LogP contribution in [-0.2, 0) is 10.0 Å². The molecule has 0 aliphatic carbocycles. The molecule has 0 radical (unpaired) electrons. The van der Waals surface area contributed by atoms with Crippen molar-refractivity contribution in [2.45, 2.75) is 37.1 Å². The third-order valence-corrected chi connectivity index (χ3v) is 5.68. The molecule has 0 heterocycles. The first kappa shape index (κ1) is 15.8. The molecule has 3 nitrogen and oxygen atoms in total. The van der Waals surface area contributed by atoms with Gasteiger partial charge in [-0.05, 0) is 25.0 Å². The summed E-state index contributed by atoms with van der Waals surface area (Å²) in [5.41, 5.74) is -0.625. The van der Waals surface area contributed by atoms with Crippen LogP contribution in [0.15, 0.2) is 29.2 Å². The summed E-state index contributed by atoms with van der Waals surface area (Å²) in [6.07, 6.45) is 1.24. The van der Waals surface area contributed by atoms with E-state index in [1.807, 2.05) is 13.8 Å². The van der Waals surface area contributed by atoms with E-state index in [0.29, 0.717) is 12.8 Å². The largest absolute Gasteiger partial charge is 0.242 e. The summed E-state index contributed by atoms with van der Waals surface area (Å²) in [6.45, 7) is 3.81. The summed E-state index contributed by atoms with van der Waals surface area (Å²) >= 11 is 11.8. The summed E-state index contributed by atoms with van der Waals surface area (Å²) in [7, 11) is -3.65. The number of nitrogens with one attached hydrogen (secondary N) is 1. The highest BCUT2D eigenvalue weighted by Gasteiger charge is 2.32. The summed E-state index contributed by atoms with van der Waals surface area (Å²) in [4.78, 5) is 0.0862. The van der Waals surface area contributed by atoms with Crippen LogP contribution in [0.1, 0.15) is 26.7 Å². The molecule has 0 aliphatic rings. The molecule has 102 valence electrons. The quantitative estimate of drug-likeness (QED) is 0.818. The van der Waals surface area contributed by atoms with Gasteiger partial charge in [0, 0.05) is 11.4 Å². The van der Waals surface area contributed by atoms with Crippen LogP contribution in [0.5, 0.6) is 0 Å². The van der Waals surface area contributed by atoms with Crippen molar-refractivity contribution in [3.63, 3.8) is 0 Å². The Hall–Kier alpha value is -0.290. The van der Waals surface area contributed by atoms with E-state index in [2.05, 4.69) is 4.72 Å². The first-order valence-corrected chi connectivity index (χ1v) is 8.15. The van der Waals surface area contributed by atoms with Crippen LogP contribution in [0, 0.1) is 0 Å². The predicted octanol–water partition coefficient (Wildman–Crippen LogP) is 3.42. The van der Waals surface area contributed by atoms with Crippen molar-refractivity contribution >= 4 is 33.2 Å². The second-order valence-electron chi connectivity index (χ2n) is 4.16. The van der Waals surface area contributed by atoms with E-state index in [0.717, 1.165) is 0 Å². The fourth-order valence-electron chi connectivity index (χ4n) is 1.61. The Morgan fingerprint density at radius 1 is 1.22 bits per heavy atom. The van der Waals surface area contributed by atoms with E-state index in [4.69, 9.17) is 23.2 Å². The summed E-state index contributed by atoms with van der Waals surface area (Å²) < 4.78 is 27.3. The summed E-state index contributed by atoms with van der Waals surface area (Å²) in [5, 5.41) is 0.209. The number of hydrogen-bond acceptors (Lipinski definition) is 2. The van der Waals surface area contributed by atoms with Gasteiger partial charge in [0.15, 0.2) is 0 Å². The molecule has 0 spiro atoms. The van der Waals surface area contributed by atoms with E-state index < -0.39 is 15.6 Å². The van der Waals surface area contributed by atoms with Crippen LogP contribution in [-0.4, -0.2) is 19.8 Å². The molecule has 1 aromatic carbocycles. The third-order valence-electron chi connectivity index (χ3n) is 3.09. The SMILES string of the molecule is CCC(CC)(CCl)NS(=O)(=O)c1ccccc1Cl. The Labute approximate surface area is 119 Å². The third kappa shape index (κ3) is 3.38. The minimum Gasteiger partial charge on any atom is -0.207 e. The van der Waals surface area contributed by atoms with Gasteiger partial charge in [-0.1, -0.05) is 37.6 Å². The van der Waals surface area contributed by atoms with Gasteiger partial charge in [0.05, 0.1) is 5.02 Å². The lowest BCUT2D eigenvalue weighted by Gasteiger charge is -2.30. The first-order chi connectivity index (χ1) is 8.40. The molecular weight excluding hydrogens is 293 g/mol. The monoisotopic (exact) mass is 309 g/mol. The number of rotatable bonds is 6. The van der Waals surface area contributed by atoms with Crippen LogP contribution in [0.3, 0.4) is 0 Å². The van der Waals surface area contributed by atoms with Gasteiger partial charge in [0.2, 0.25) is 10.0 Å². The van der Waals surface area contributed by atoms with Crippen LogP contribution >= 0.6 is 23.2 Å². The van der Waals surface area contributed by atoms with Crippen molar-refractivity contribution in [1.29, 1.82) is 0 Å². The molecule has 1 N–H and O–H groups in total. The Kier molecular flexibility index (Phi) is 5.46. The second kappa shape index (κ2) is 6.24. The molecule has 0 fully saturated rings. The van der Waals surface area contributed by atoms with Crippen LogP contribution < -0.4 is 4.72 Å².